The highest BCUT2D eigenvalue weighted by molar-refractivity contribution is 6.30. The molecule has 1 heterocycles. The molecule has 0 fully saturated rings. The maximum atomic E-state index is 5.83. The molecule has 4 nitrogen and oxygen atoms in total. The quantitative estimate of drug-likeness (QED) is 0.908. The van der Waals surface area contributed by atoms with Crippen molar-refractivity contribution >= 4 is 17.4 Å². The first-order valence-electron chi connectivity index (χ1n) is 5.07. The molecule has 0 saturated heterocycles. The van der Waals surface area contributed by atoms with Crippen LogP contribution < -0.4 is 5.73 Å². The molecule has 0 aliphatic rings. The minimum Gasteiger partial charge on any atom is -0.384 e. The molecular weight excluding hydrogens is 238 g/mol. The molecule has 17 heavy (non-hydrogen) atoms. The van der Waals surface area contributed by atoms with Gasteiger partial charge in [-0.05, 0) is 12.1 Å². The lowest BCUT2D eigenvalue weighted by molar-refractivity contribution is 0.178. The number of hydrogen-bond acceptors (Lipinski definition) is 4. The Labute approximate surface area is 104 Å². The Hall–Kier alpha value is -1.65. The van der Waals surface area contributed by atoms with Crippen molar-refractivity contribution in [3.8, 4) is 11.3 Å². The molecule has 0 saturated carbocycles. The predicted octanol–water partition coefficient (Wildman–Crippen LogP) is 2.53. The SMILES string of the molecule is COCc1nc(N)cc(-c2ccc(Cl)cc2)n1. The average Bonchev–Trinajstić information content (AvgIpc) is 2.29. The predicted molar refractivity (Wildman–Crippen MR) is 67.6 cm³/mol. The number of nitrogens with zero attached hydrogens (tertiary/aromatic N) is 2. The molecule has 0 amide bonds. The molecule has 1 aromatic carbocycles. The number of nitrogen functional groups attached to an aromatic ring is 1. The zero-order chi connectivity index (χ0) is 12.3. The van der Waals surface area contributed by atoms with Crippen LogP contribution in [-0.2, 0) is 11.3 Å². The third kappa shape index (κ3) is 2.93. The third-order valence-corrected chi connectivity index (χ3v) is 2.46. The van der Waals surface area contributed by atoms with Crippen LogP contribution in [0.5, 0.6) is 0 Å². The molecule has 88 valence electrons. The van der Waals surface area contributed by atoms with Gasteiger partial charge >= 0.3 is 0 Å². The van der Waals surface area contributed by atoms with E-state index < -0.39 is 0 Å². The van der Waals surface area contributed by atoms with E-state index >= 15 is 0 Å². The maximum Gasteiger partial charge on any atom is 0.157 e. The van der Waals surface area contributed by atoms with Crippen molar-refractivity contribution < 1.29 is 4.74 Å². The molecule has 0 aliphatic carbocycles. The zero-order valence-electron chi connectivity index (χ0n) is 9.35. The highest BCUT2D eigenvalue weighted by Gasteiger charge is 2.04. The monoisotopic (exact) mass is 249 g/mol. The van der Waals surface area contributed by atoms with E-state index in [0.717, 1.165) is 11.3 Å². The number of aromatic nitrogens is 2. The van der Waals surface area contributed by atoms with E-state index in [1.807, 2.05) is 24.3 Å². The summed E-state index contributed by atoms with van der Waals surface area (Å²) in [6.45, 7) is 0.339. The lowest BCUT2D eigenvalue weighted by Crippen LogP contribution is -2.02. The molecule has 5 heteroatoms. The number of methoxy groups -OCH3 is 1. The Morgan fingerprint density at radius 1 is 1.24 bits per heavy atom. The van der Waals surface area contributed by atoms with E-state index in [-0.39, 0.29) is 0 Å². The van der Waals surface area contributed by atoms with Gasteiger partial charge in [0, 0.05) is 23.8 Å². The van der Waals surface area contributed by atoms with Crippen molar-refractivity contribution in [2.24, 2.45) is 0 Å². The fourth-order valence-electron chi connectivity index (χ4n) is 1.48. The van der Waals surface area contributed by atoms with Gasteiger partial charge in [0.1, 0.15) is 12.4 Å². The summed E-state index contributed by atoms with van der Waals surface area (Å²) in [5, 5.41) is 0.688. The molecule has 0 spiro atoms. The van der Waals surface area contributed by atoms with Crippen molar-refractivity contribution in [2.45, 2.75) is 6.61 Å². The largest absolute Gasteiger partial charge is 0.384 e. The van der Waals surface area contributed by atoms with Crippen molar-refractivity contribution in [1.29, 1.82) is 0 Å². The van der Waals surface area contributed by atoms with Gasteiger partial charge in [-0.1, -0.05) is 23.7 Å². The molecule has 0 radical (unpaired) electrons. The number of hydrogen-bond donors (Lipinski definition) is 1. The van der Waals surface area contributed by atoms with Gasteiger partial charge < -0.3 is 10.5 Å². The van der Waals surface area contributed by atoms with E-state index in [1.54, 1.807) is 13.2 Å². The summed E-state index contributed by atoms with van der Waals surface area (Å²) in [5.74, 6) is 0.995. The Kier molecular flexibility index (Phi) is 3.56. The minimum absolute atomic E-state index is 0.339. The lowest BCUT2D eigenvalue weighted by Gasteiger charge is -2.05. The van der Waals surface area contributed by atoms with Crippen molar-refractivity contribution in [2.75, 3.05) is 12.8 Å². The molecule has 0 bridgehead atoms. The first-order valence-corrected chi connectivity index (χ1v) is 5.45. The minimum atomic E-state index is 0.339. The molecular formula is C12H12ClN3O. The Morgan fingerprint density at radius 3 is 2.59 bits per heavy atom. The second kappa shape index (κ2) is 5.12. The van der Waals surface area contributed by atoms with Crippen molar-refractivity contribution in [3.63, 3.8) is 0 Å². The summed E-state index contributed by atoms with van der Waals surface area (Å²) in [5.41, 5.74) is 7.43. The van der Waals surface area contributed by atoms with Crippen LogP contribution in [0.1, 0.15) is 5.82 Å². The molecule has 0 aliphatic heterocycles. The first kappa shape index (κ1) is 11.8. The normalized spacial score (nSPS) is 10.5. The highest BCUT2D eigenvalue weighted by atomic mass is 35.5. The number of benzene rings is 1. The average molecular weight is 250 g/mol. The van der Waals surface area contributed by atoms with E-state index in [1.165, 1.54) is 0 Å². The summed E-state index contributed by atoms with van der Waals surface area (Å²) in [6, 6.07) is 9.13. The summed E-state index contributed by atoms with van der Waals surface area (Å²) in [7, 11) is 1.59. The van der Waals surface area contributed by atoms with Gasteiger partial charge in [0.2, 0.25) is 0 Å². The Morgan fingerprint density at radius 2 is 1.94 bits per heavy atom. The number of ether oxygens (including phenoxy) is 1. The second-order valence-electron chi connectivity index (χ2n) is 3.53. The van der Waals surface area contributed by atoms with Crippen LogP contribution >= 0.6 is 11.6 Å². The van der Waals surface area contributed by atoms with Crippen molar-refractivity contribution in [1.82, 2.24) is 9.97 Å². The molecule has 2 rings (SSSR count). The summed E-state index contributed by atoms with van der Waals surface area (Å²) < 4.78 is 4.99. The van der Waals surface area contributed by atoms with Gasteiger partial charge in [0.15, 0.2) is 5.82 Å². The fourth-order valence-corrected chi connectivity index (χ4v) is 1.61. The van der Waals surface area contributed by atoms with Gasteiger partial charge in [-0.2, -0.15) is 0 Å². The second-order valence-corrected chi connectivity index (χ2v) is 3.97. The van der Waals surface area contributed by atoms with Gasteiger partial charge in [-0.3, -0.25) is 0 Å². The topological polar surface area (TPSA) is 61.0 Å². The van der Waals surface area contributed by atoms with Crippen LogP contribution in [0.3, 0.4) is 0 Å². The highest BCUT2D eigenvalue weighted by Crippen LogP contribution is 2.21. The summed E-state index contributed by atoms with van der Waals surface area (Å²) in [6.07, 6.45) is 0. The summed E-state index contributed by atoms with van der Waals surface area (Å²) in [4.78, 5) is 8.45. The smallest absolute Gasteiger partial charge is 0.157 e. The molecule has 2 N–H and O–H groups in total. The first-order chi connectivity index (χ1) is 8.19. The van der Waals surface area contributed by atoms with E-state index in [9.17, 15) is 0 Å². The van der Waals surface area contributed by atoms with E-state index in [0.29, 0.717) is 23.3 Å². The summed E-state index contributed by atoms with van der Waals surface area (Å²) >= 11 is 5.83. The molecule has 2 aromatic rings. The fraction of sp³-hybridized carbons (Fsp3) is 0.167. The van der Waals surface area contributed by atoms with Crippen molar-refractivity contribution in [3.05, 3.63) is 41.2 Å². The van der Waals surface area contributed by atoms with Crippen LogP contribution in [0.15, 0.2) is 30.3 Å². The number of nitrogens with two attached hydrogens (primary N) is 1. The van der Waals surface area contributed by atoms with Gasteiger partial charge in [0.05, 0.1) is 5.69 Å². The van der Waals surface area contributed by atoms with Crippen LogP contribution in [0.4, 0.5) is 5.82 Å². The number of anilines is 1. The van der Waals surface area contributed by atoms with E-state index in [2.05, 4.69) is 9.97 Å². The van der Waals surface area contributed by atoms with Crippen LogP contribution in [-0.4, -0.2) is 17.1 Å². The van der Waals surface area contributed by atoms with Crippen LogP contribution in [0, 0.1) is 0 Å². The molecule has 0 atom stereocenters. The number of halogens is 1. The van der Waals surface area contributed by atoms with Gasteiger partial charge in [0.25, 0.3) is 0 Å². The third-order valence-electron chi connectivity index (χ3n) is 2.21. The molecule has 1 aromatic heterocycles. The van der Waals surface area contributed by atoms with Crippen LogP contribution in [0.25, 0.3) is 11.3 Å². The van der Waals surface area contributed by atoms with Crippen LogP contribution in [0.2, 0.25) is 5.02 Å². The lowest BCUT2D eigenvalue weighted by atomic mass is 10.1. The maximum absolute atomic E-state index is 5.83. The molecule has 0 unspecified atom stereocenters. The Bertz CT molecular complexity index is 514. The zero-order valence-corrected chi connectivity index (χ0v) is 10.1. The van der Waals surface area contributed by atoms with Gasteiger partial charge in [-0.15, -0.1) is 0 Å². The number of rotatable bonds is 3. The van der Waals surface area contributed by atoms with Gasteiger partial charge in [-0.25, -0.2) is 9.97 Å². The Balaban J connectivity index is 2.40. The van der Waals surface area contributed by atoms with E-state index in [4.69, 9.17) is 22.1 Å². The standard InChI is InChI=1S/C12H12ClN3O/c1-17-7-12-15-10(6-11(14)16-12)8-2-4-9(13)5-3-8/h2-6H,7H2,1H3,(H2,14,15,16).